The summed E-state index contributed by atoms with van der Waals surface area (Å²) >= 11 is 5.82. The number of nitrogens with one attached hydrogen (secondary N) is 1. The molecule has 2 N–H and O–H groups in total. The fraction of sp³-hybridized carbons (Fsp3) is 0.333. The van der Waals surface area contributed by atoms with Gasteiger partial charge in [0, 0.05) is 5.56 Å². The van der Waals surface area contributed by atoms with E-state index in [9.17, 15) is 5.11 Å². The monoisotopic (exact) mass is 381 g/mol. The van der Waals surface area contributed by atoms with Crippen LogP contribution in [0, 0.1) is 11.7 Å². The van der Waals surface area contributed by atoms with Crippen molar-refractivity contribution in [2.75, 3.05) is 13.1 Å². The van der Waals surface area contributed by atoms with E-state index < -0.39 is 0 Å². The molecule has 5 nitrogen and oxygen atoms in total. The van der Waals surface area contributed by atoms with Crippen molar-refractivity contribution in [2.45, 2.75) is 32.5 Å². The predicted octanol–water partition coefficient (Wildman–Crippen LogP) is 2.38. The van der Waals surface area contributed by atoms with Crippen LogP contribution >= 0.6 is 12.2 Å². The number of likely N-dealkylation sites (tertiary alicyclic amines) is 1. The molecule has 0 saturated carbocycles. The molecule has 3 aromatic rings. The van der Waals surface area contributed by atoms with Crippen molar-refractivity contribution in [3.63, 3.8) is 0 Å². The second-order valence-corrected chi connectivity index (χ2v) is 7.67. The lowest BCUT2D eigenvalue weighted by Gasteiger charge is -2.26. The molecule has 0 spiro atoms. The summed E-state index contributed by atoms with van der Waals surface area (Å²) in [5, 5.41) is 14.9. The molecule has 1 aliphatic heterocycles. The maximum absolute atomic E-state index is 9.99. The molecule has 1 unspecified atom stereocenters. The van der Waals surface area contributed by atoms with E-state index in [0.29, 0.717) is 11.4 Å². The molecule has 2 heterocycles. The van der Waals surface area contributed by atoms with Gasteiger partial charge in [-0.15, -0.1) is 5.10 Å². The normalized spacial score (nSPS) is 19.9. The second kappa shape index (κ2) is 7.76. The van der Waals surface area contributed by atoms with Crippen LogP contribution in [0.25, 0.3) is 17.1 Å². The van der Waals surface area contributed by atoms with E-state index in [2.05, 4.69) is 41.8 Å². The van der Waals surface area contributed by atoms with Crippen molar-refractivity contribution < 1.29 is 10.0 Å². The highest BCUT2D eigenvalue weighted by atomic mass is 32.1. The average molecular weight is 382 g/mol. The van der Waals surface area contributed by atoms with Gasteiger partial charge in [0.2, 0.25) is 4.77 Å². The zero-order chi connectivity index (χ0) is 18.8. The third kappa shape index (κ3) is 3.88. The third-order valence-corrected chi connectivity index (χ3v) is 5.49. The zero-order valence-corrected chi connectivity index (χ0v) is 16.3. The molecule has 1 fully saturated rings. The number of aromatic nitrogens is 3. The lowest BCUT2D eigenvalue weighted by atomic mass is 10.1. The average Bonchev–Trinajstić information content (AvgIpc) is 2.99. The Kier molecular flexibility index (Phi) is 5.20. The van der Waals surface area contributed by atoms with E-state index in [4.69, 9.17) is 17.3 Å². The van der Waals surface area contributed by atoms with Gasteiger partial charge in [0.25, 0.3) is 0 Å². The Hall–Kier alpha value is -2.28. The molecule has 140 valence electrons. The summed E-state index contributed by atoms with van der Waals surface area (Å²) in [7, 11) is 0. The van der Waals surface area contributed by atoms with E-state index in [0.717, 1.165) is 43.0 Å². The standard InChI is InChI=1S/C21H24N4OS/c1-16-7-5-10-18(13-16)25-20(17-8-3-2-4-9-17)22-24(21(25)27)15-23-12-6-11-19(26)14-23/h2-5,7-10,13,19,26H,6,11-12,14-15H2,1H3/p+1/t19-/m1/s1. The number of aliphatic hydroxyl groups excluding tert-OH is 1. The Morgan fingerprint density at radius 2 is 2.00 bits per heavy atom. The molecule has 27 heavy (non-hydrogen) atoms. The fourth-order valence-corrected chi connectivity index (χ4v) is 4.06. The summed E-state index contributed by atoms with van der Waals surface area (Å²) in [5.41, 5.74) is 3.25. The SMILES string of the molecule is Cc1cccc(-n2c(-c3ccccc3)nn(C[NH+]3CCC[C@@H](O)C3)c2=S)c1. The van der Waals surface area contributed by atoms with E-state index in [1.165, 1.54) is 10.5 Å². The van der Waals surface area contributed by atoms with Gasteiger partial charge in [-0.25, -0.2) is 0 Å². The molecule has 0 radical (unpaired) electrons. The Morgan fingerprint density at radius 3 is 2.74 bits per heavy atom. The van der Waals surface area contributed by atoms with Crippen molar-refractivity contribution in [3.05, 3.63) is 64.9 Å². The molecule has 6 heteroatoms. The lowest BCUT2D eigenvalue weighted by Crippen LogP contribution is -3.13. The number of quaternary nitrogens is 1. The first-order valence-electron chi connectivity index (χ1n) is 9.46. The summed E-state index contributed by atoms with van der Waals surface area (Å²) in [5.74, 6) is 0.850. The predicted molar refractivity (Wildman–Crippen MR) is 108 cm³/mol. The minimum absolute atomic E-state index is 0.227. The molecule has 2 atom stereocenters. The van der Waals surface area contributed by atoms with Crippen molar-refractivity contribution in [3.8, 4) is 17.1 Å². The molecule has 2 aromatic carbocycles. The maximum Gasteiger partial charge on any atom is 0.207 e. The van der Waals surface area contributed by atoms with Crippen LogP contribution in [0.1, 0.15) is 18.4 Å². The highest BCUT2D eigenvalue weighted by Gasteiger charge is 2.23. The van der Waals surface area contributed by atoms with Crippen molar-refractivity contribution >= 4 is 12.2 Å². The minimum Gasteiger partial charge on any atom is -0.387 e. The topological polar surface area (TPSA) is 47.4 Å². The molecule has 1 saturated heterocycles. The van der Waals surface area contributed by atoms with Crippen LogP contribution in [0.2, 0.25) is 0 Å². The van der Waals surface area contributed by atoms with Crippen molar-refractivity contribution in [1.82, 2.24) is 14.3 Å². The first kappa shape index (κ1) is 18.1. The number of aryl methyl sites for hydroxylation is 1. The van der Waals surface area contributed by atoms with Crippen LogP contribution in [0.5, 0.6) is 0 Å². The van der Waals surface area contributed by atoms with Gasteiger partial charge in [-0.2, -0.15) is 4.68 Å². The zero-order valence-electron chi connectivity index (χ0n) is 15.5. The molecule has 1 aliphatic rings. The fourth-order valence-electron chi connectivity index (χ4n) is 3.77. The number of hydrogen-bond donors (Lipinski definition) is 2. The summed E-state index contributed by atoms with van der Waals surface area (Å²) in [6, 6.07) is 18.5. The van der Waals surface area contributed by atoms with Crippen LogP contribution in [-0.2, 0) is 6.67 Å². The largest absolute Gasteiger partial charge is 0.387 e. The van der Waals surface area contributed by atoms with Crippen molar-refractivity contribution in [1.29, 1.82) is 0 Å². The second-order valence-electron chi connectivity index (χ2n) is 7.30. The third-order valence-electron chi connectivity index (χ3n) is 5.10. The van der Waals surface area contributed by atoms with E-state index >= 15 is 0 Å². The van der Waals surface area contributed by atoms with Gasteiger partial charge < -0.3 is 10.0 Å². The number of nitrogens with zero attached hydrogens (tertiary/aromatic N) is 3. The van der Waals surface area contributed by atoms with Gasteiger partial charge in [-0.1, -0.05) is 42.5 Å². The van der Waals surface area contributed by atoms with Gasteiger partial charge >= 0.3 is 0 Å². The van der Waals surface area contributed by atoms with Crippen LogP contribution in [0.4, 0.5) is 0 Å². The van der Waals surface area contributed by atoms with Crippen molar-refractivity contribution in [2.24, 2.45) is 0 Å². The van der Waals surface area contributed by atoms with Gasteiger partial charge in [-0.05, 0) is 49.7 Å². The van der Waals surface area contributed by atoms with Crippen LogP contribution < -0.4 is 4.90 Å². The highest BCUT2D eigenvalue weighted by molar-refractivity contribution is 7.71. The smallest absolute Gasteiger partial charge is 0.207 e. The van der Waals surface area contributed by atoms with E-state index in [1.807, 2.05) is 28.9 Å². The van der Waals surface area contributed by atoms with Crippen LogP contribution in [-0.4, -0.2) is 38.6 Å². The first-order chi connectivity index (χ1) is 13.1. The molecule has 1 aromatic heterocycles. The van der Waals surface area contributed by atoms with Gasteiger partial charge in [0.15, 0.2) is 12.5 Å². The number of aliphatic hydroxyl groups is 1. The Morgan fingerprint density at radius 1 is 1.19 bits per heavy atom. The number of rotatable bonds is 4. The van der Waals surface area contributed by atoms with E-state index in [1.54, 1.807) is 0 Å². The molecule has 0 aliphatic carbocycles. The van der Waals surface area contributed by atoms with Crippen LogP contribution in [0.15, 0.2) is 54.6 Å². The Bertz CT molecular complexity index is 979. The quantitative estimate of drug-likeness (QED) is 0.682. The van der Waals surface area contributed by atoms with Gasteiger partial charge in [0.05, 0.1) is 12.2 Å². The summed E-state index contributed by atoms with van der Waals surface area (Å²) in [6.07, 6.45) is 1.70. The van der Waals surface area contributed by atoms with E-state index in [-0.39, 0.29) is 6.10 Å². The molecule has 0 amide bonds. The summed E-state index contributed by atoms with van der Waals surface area (Å²) < 4.78 is 4.65. The highest BCUT2D eigenvalue weighted by Crippen LogP contribution is 2.23. The molecular weight excluding hydrogens is 356 g/mol. The molecule has 4 rings (SSSR count). The van der Waals surface area contributed by atoms with Gasteiger partial charge in [0.1, 0.15) is 12.6 Å². The summed E-state index contributed by atoms with van der Waals surface area (Å²) in [4.78, 5) is 1.32. The molecular formula is C21H25N4OS+. The van der Waals surface area contributed by atoms with Gasteiger partial charge in [-0.3, -0.25) is 4.57 Å². The number of hydrogen-bond acceptors (Lipinski definition) is 3. The summed E-state index contributed by atoms with van der Waals surface area (Å²) in [6.45, 7) is 4.55. The number of piperidine rings is 1. The first-order valence-corrected chi connectivity index (χ1v) is 9.86. The van der Waals surface area contributed by atoms with Crippen LogP contribution in [0.3, 0.4) is 0 Å². The lowest BCUT2D eigenvalue weighted by molar-refractivity contribution is -0.931. The number of benzene rings is 2. The Labute approximate surface area is 164 Å². The minimum atomic E-state index is -0.227. The maximum atomic E-state index is 9.99. The Balaban J connectivity index is 1.79. The molecule has 0 bridgehead atoms.